The molecule has 2 N–H and O–H groups in total. The van der Waals surface area contributed by atoms with Crippen LogP contribution in [0, 0.1) is 15.9 Å². The molecule has 1 aromatic carbocycles. The van der Waals surface area contributed by atoms with Crippen molar-refractivity contribution in [1.82, 2.24) is 5.32 Å². The van der Waals surface area contributed by atoms with Gasteiger partial charge in [-0.1, -0.05) is 0 Å². The fourth-order valence-electron chi connectivity index (χ4n) is 1.53. The Kier molecular flexibility index (Phi) is 6.50. The van der Waals surface area contributed by atoms with Crippen LogP contribution >= 0.6 is 15.9 Å². The molecule has 0 aromatic heterocycles. The van der Waals surface area contributed by atoms with Gasteiger partial charge < -0.3 is 15.4 Å². The van der Waals surface area contributed by atoms with Gasteiger partial charge >= 0.3 is 0 Å². The Labute approximate surface area is 129 Å². The molecular formula is C12H15BrFN3O4. The van der Waals surface area contributed by atoms with E-state index in [4.69, 9.17) is 4.74 Å². The number of methoxy groups -OCH3 is 1. The third kappa shape index (κ3) is 4.94. The van der Waals surface area contributed by atoms with E-state index in [1.807, 2.05) is 0 Å². The summed E-state index contributed by atoms with van der Waals surface area (Å²) in [5, 5.41) is 16.2. The number of hydrogen-bond acceptors (Lipinski definition) is 5. The number of ether oxygens (including phenoxy) is 1. The lowest BCUT2D eigenvalue weighted by molar-refractivity contribution is -0.384. The van der Waals surface area contributed by atoms with Crippen molar-refractivity contribution in [1.29, 1.82) is 0 Å². The third-order valence-electron chi connectivity index (χ3n) is 2.61. The van der Waals surface area contributed by atoms with Crippen LogP contribution in [0.1, 0.15) is 6.92 Å². The van der Waals surface area contributed by atoms with Crippen LogP contribution < -0.4 is 10.6 Å². The molecule has 1 rings (SSSR count). The minimum atomic E-state index is -0.763. The second kappa shape index (κ2) is 7.89. The maximum Gasteiger partial charge on any atom is 0.293 e. The summed E-state index contributed by atoms with van der Waals surface area (Å²) >= 11 is 2.89. The number of nitrogens with one attached hydrogen (secondary N) is 2. The molecule has 1 aromatic rings. The Balaban J connectivity index is 2.84. The van der Waals surface area contributed by atoms with Gasteiger partial charge in [-0.25, -0.2) is 4.39 Å². The largest absolute Gasteiger partial charge is 0.383 e. The van der Waals surface area contributed by atoms with Crippen LogP contribution in [-0.2, 0) is 9.53 Å². The van der Waals surface area contributed by atoms with Crippen molar-refractivity contribution in [3.63, 3.8) is 0 Å². The number of carbonyl (C=O) groups excluding carboxylic acids is 1. The average Bonchev–Trinajstić information content (AvgIpc) is 2.42. The lowest BCUT2D eigenvalue weighted by atomic mass is 10.2. The Morgan fingerprint density at radius 2 is 2.24 bits per heavy atom. The van der Waals surface area contributed by atoms with E-state index in [9.17, 15) is 19.3 Å². The van der Waals surface area contributed by atoms with E-state index in [1.54, 1.807) is 0 Å². The van der Waals surface area contributed by atoms with Gasteiger partial charge in [-0.2, -0.15) is 0 Å². The minimum Gasteiger partial charge on any atom is -0.383 e. The van der Waals surface area contributed by atoms with Gasteiger partial charge in [0.25, 0.3) is 5.69 Å². The van der Waals surface area contributed by atoms with Crippen molar-refractivity contribution < 1.29 is 18.8 Å². The zero-order valence-corrected chi connectivity index (χ0v) is 13.1. The fourth-order valence-corrected chi connectivity index (χ4v) is 1.86. The van der Waals surface area contributed by atoms with Crippen LogP contribution in [0.5, 0.6) is 0 Å². The lowest BCUT2D eigenvalue weighted by Crippen LogP contribution is -2.39. The predicted molar refractivity (Wildman–Crippen MR) is 78.7 cm³/mol. The molecular weight excluding hydrogens is 349 g/mol. The molecule has 1 atom stereocenters. The number of nitro groups is 1. The summed E-state index contributed by atoms with van der Waals surface area (Å²) in [6.07, 6.45) is 0. The van der Waals surface area contributed by atoms with E-state index in [0.717, 1.165) is 12.1 Å². The van der Waals surface area contributed by atoms with E-state index in [2.05, 4.69) is 26.6 Å². The molecule has 0 aliphatic heterocycles. The first-order valence-corrected chi connectivity index (χ1v) is 6.82. The average molecular weight is 364 g/mol. The number of carbonyl (C=O) groups is 1. The Morgan fingerprint density at radius 3 is 2.81 bits per heavy atom. The van der Waals surface area contributed by atoms with Gasteiger partial charge in [-0.3, -0.25) is 14.9 Å². The molecule has 0 saturated carbocycles. The summed E-state index contributed by atoms with van der Waals surface area (Å²) in [5.74, 6) is -1.03. The van der Waals surface area contributed by atoms with Crippen LogP contribution in [0.25, 0.3) is 0 Å². The van der Waals surface area contributed by atoms with Gasteiger partial charge in [0.2, 0.25) is 5.91 Å². The van der Waals surface area contributed by atoms with Crippen LogP contribution in [-0.4, -0.2) is 37.1 Å². The molecule has 0 spiro atoms. The van der Waals surface area contributed by atoms with Gasteiger partial charge in [0.15, 0.2) is 0 Å². The molecule has 9 heteroatoms. The van der Waals surface area contributed by atoms with Crippen LogP contribution in [0.3, 0.4) is 0 Å². The number of nitro benzene ring substituents is 1. The minimum absolute atomic E-state index is 0.0167. The maximum atomic E-state index is 13.5. The molecule has 0 saturated heterocycles. The summed E-state index contributed by atoms with van der Waals surface area (Å²) in [5.41, 5.74) is -0.380. The molecule has 21 heavy (non-hydrogen) atoms. The van der Waals surface area contributed by atoms with Crippen molar-refractivity contribution in [2.75, 3.05) is 25.6 Å². The lowest BCUT2D eigenvalue weighted by Gasteiger charge is -2.15. The van der Waals surface area contributed by atoms with Crippen molar-refractivity contribution in [3.8, 4) is 0 Å². The number of nitrogens with zero attached hydrogens (tertiary/aromatic N) is 1. The van der Waals surface area contributed by atoms with Crippen LogP contribution in [0.15, 0.2) is 16.6 Å². The van der Waals surface area contributed by atoms with E-state index >= 15 is 0 Å². The Morgan fingerprint density at radius 1 is 1.57 bits per heavy atom. The number of amides is 1. The van der Waals surface area contributed by atoms with Crippen LogP contribution in [0.2, 0.25) is 0 Å². The highest BCUT2D eigenvalue weighted by molar-refractivity contribution is 9.10. The second-order valence-electron chi connectivity index (χ2n) is 4.19. The summed E-state index contributed by atoms with van der Waals surface area (Å²) in [6.45, 7) is 2.19. The molecule has 0 aliphatic carbocycles. The van der Waals surface area contributed by atoms with Gasteiger partial charge in [0.05, 0.1) is 16.0 Å². The molecule has 1 amide bonds. The number of halogens is 2. The highest BCUT2D eigenvalue weighted by Crippen LogP contribution is 2.30. The van der Waals surface area contributed by atoms with E-state index in [-0.39, 0.29) is 21.8 Å². The molecule has 7 nitrogen and oxygen atoms in total. The fraction of sp³-hybridized carbons (Fsp3) is 0.417. The molecule has 0 heterocycles. The highest BCUT2D eigenvalue weighted by atomic mass is 79.9. The summed E-state index contributed by atoms with van der Waals surface area (Å²) < 4.78 is 18.3. The van der Waals surface area contributed by atoms with E-state index < -0.39 is 16.8 Å². The van der Waals surface area contributed by atoms with Gasteiger partial charge in [0, 0.05) is 25.8 Å². The van der Waals surface area contributed by atoms with Crippen LogP contribution in [0.4, 0.5) is 15.8 Å². The number of hydrogen-bond donors (Lipinski definition) is 2. The quantitative estimate of drug-likeness (QED) is 0.439. The molecule has 0 fully saturated rings. The highest BCUT2D eigenvalue weighted by Gasteiger charge is 2.21. The first-order chi connectivity index (χ1) is 9.86. The third-order valence-corrected chi connectivity index (χ3v) is 3.21. The monoisotopic (exact) mass is 363 g/mol. The molecule has 1 unspecified atom stereocenters. The smallest absolute Gasteiger partial charge is 0.293 e. The SMILES string of the molecule is COCCNC(=O)C(C)Nc1cc(F)c(Br)cc1[N+](=O)[O-]. The standard InChI is InChI=1S/C12H15BrFN3O4/c1-7(12(18)15-3-4-21-2)16-10-6-9(14)8(13)5-11(10)17(19)20/h5-7,16H,3-4H2,1-2H3,(H,15,18). The normalized spacial score (nSPS) is 11.8. The van der Waals surface area contributed by atoms with Crippen molar-refractivity contribution in [2.45, 2.75) is 13.0 Å². The van der Waals surface area contributed by atoms with E-state index in [0.29, 0.717) is 13.2 Å². The Bertz CT molecular complexity index is 541. The maximum absolute atomic E-state index is 13.5. The molecule has 0 bridgehead atoms. The van der Waals surface area contributed by atoms with Crippen molar-refractivity contribution in [2.24, 2.45) is 0 Å². The van der Waals surface area contributed by atoms with E-state index in [1.165, 1.54) is 14.0 Å². The second-order valence-corrected chi connectivity index (χ2v) is 5.04. The number of benzene rings is 1. The summed E-state index contributed by atoms with van der Waals surface area (Å²) in [7, 11) is 1.50. The molecule has 0 aliphatic rings. The number of anilines is 1. The molecule has 0 radical (unpaired) electrons. The first kappa shape index (κ1) is 17.3. The number of rotatable bonds is 7. The van der Waals surface area contributed by atoms with Gasteiger partial charge in [-0.05, 0) is 22.9 Å². The first-order valence-electron chi connectivity index (χ1n) is 6.03. The predicted octanol–water partition coefficient (Wildman–Crippen LogP) is 2.06. The van der Waals surface area contributed by atoms with Crippen molar-refractivity contribution >= 4 is 33.2 Å². The topological polar surface area (TPSA) is 93.5 Å². The van der Waals surface area contributed by atoms with Gasteiger partial charge in [-0.15, -0.1) is 0 Å². The summed E-state index contributed by atoms with van der Waals surface area (Å²) in [4.78, 5) is 22.1. The molecule has 116 valence electrons. The van der Waals surface area contributed by atoms with Gasteiger partial charge in [0.1, 0.15) is 17.5 Å². The zero-order valence-electron chi connectivity index (χ0n) is 11.5. The zero-order chi connectivity index (χ0) is 16.0. The van der Waals surface area contributed by atoms with Crippen molar-refractivity contribution in [3.05, 3.63) is 32.5 Å². The summed E-state index contributed by atoms with van der Waals surface area (Å²) in [6, 6.07) is 1.26. The Hall–Kier alpha value is -1.74.